The van der Waals surface area contributed by atoms with Gasteiger partial charge in [-0.05, 0) is 38.6 Å². The standard InChI is InChI=1S/C14H25NO2/c1-2-12-8-7-11-15(12)14(13(16)17)9-5-3-4-6-10-14/h12H,2-11H2,1H3,(H,16,17). The van der Waals surface area contributed by atoms with Crippen LogP contribution in [0.2, 0.25) is 0 Å². The van der Waals surface area contributed by atoms with Crippen LogP contribution in [0.25, 0.3) is 0 Å². The molecule has 0 aromatic carbocycles. The summed E-state index contributed by atoms with van der Waals surface area (Å²) in [5.41, 5.74) is -0.534. The van der Waals surface area contributed by atoms with Gasteiger partial charge in [0.25, 0.3) is 0 Å². The molecule has 1 aliphatic heterocycles. The summed E-state index contributed by atoms with van der Waals surface area (Å²) in [5.74, 6) is -0.570. The maximum atomic E-state index is 11.8. The average molecular weight is 239 g/mol. The number of rotatable bonds is 3. The lowest BCUT2D eigenvalue weighted by atomic mass is 9.87. The molecule has 1 N–H and O–H groups in total. The average Bonchev–Trinajstić information content (AvgIpc) is 2.66. The summed E-state index contributed by atoms with van der Waals surface area (Å²) in [5, 5.41) is 9.75. The maximum Gasteiger partial charge on any atom is 0.324 e. The van der Waals surface area contributed by atoms with Gasteiger partial charge in [-0.15, -0.1) is 0 Å². The van der Waals surface area contributed by atoms with E-state index in [2.05, 4.69) is 11.8 Å². The van der Waals surface area contributed by atoms with Crippen molar-refractivity contribution >= 4 is 5.97 Å². The normalized spacial score (nSPS) is 30.1. The number of carboxylic acids is 1. The Bertz CT molecular complexity index is 269. The van der Waals surface area contributed by atoms with E-state index in [0.29, 0.717) is 6.04 Å². The van der Waals surface area contributed by atoms with Gasteiger partial charge in [0.2, 0.25) is 0 Å². The van der Waals surface area contributed by atoms with E-state index in [0.717, 1.165) is 38.6 Å². The van der Waals surface area contributed by atoms with Crippen molar-refractivity contribution in [3.05, 3.63) is 0 Å². The first-order valence-electron chi connectivity index (χ1n) is 7.21. The Morgan fingerprint density at radius 2 is 1.88 bits per heavy atom. The number of hydrogen-bond acceptors (Lipinski definition) is 2. The van der Waals surface area contributed by atoms with E-state index in [9.17, 15) is 9.90 Å². The molecule has 2 aliphatic rings. The third-order valence-electron chi connectivity index (χ3n) is 4.73. The smallest absolute Gasteiger partial charge is 0.324 e. The van der Waals surface area contributed by atoms with Crippen LogP contribution in [0.5, 0.6) is 0 Å². The lowest BCUT2D eigenvalue weighted by Gasteiger charge is -2.41. The van der Waals surface area contributed by atoms with E-state index < -0.39 is 11.5 Å². The van der Waals surface area contributed by atoms with Crippen molar-refractivity contribution in [2.45, 2.75) is 76.3 Å². The number of aliphatic carboxylic acids is 1. The summed E-state index contributed by atoms with van der Waals surface area (Å²) in [6.07, 6.45) is 9.75. The molecular weight excluding hydrogens is 214 g/mol. The Morgan fingerprint density at radius 3 is 2.41 bits per heavy atom. The Kier molecular flexibility index (Phi) is 4.08. The van der Waals surface area contributed by atoms with Gasteiger partial charge in [-0.3, -0.25) is 9.69 Å². The van der Waals surface area contributed by atoms with Crippen molar-refractivity contribution in [3.8, 4) is 0 Å². The molecule has 1 saturated carbocycles. The predicted octanol–water partition coefficient (Wildman–Crippen LogP) is 3.04. The number of carbonyl (C=O) groups is 1. The molecule has 2 fully saturated rings. The van der Waals surface area contributed by atoms with Gasteiger partial charge in [0.05, 0.1) is 0 Å². The van der Waals surface area contributed by atoms with Crippen LogP contribution in [0.3, 0.4) is 0 Å². The highest BCUT2D eigenvalue weighted by atomic mass is 16.4. The lowest BCUT2D eigenvalue weighted by Crippen LogP contribution is -2.56. The summed E-state index contributed by atoms with van der Waals surface area (Å²) < 4.78 is 0. The van der Waals surface area contributed by atoms with Gasteiger partial charge in [0.1, 0.15) is 5.54 Å². The second-order valence-corrected chi connectivity index (χ2v) is 5.65. The fourth-order valence-corrected chi connectivity index (χ4v) is 3.76. The van der Waals surface area contributed by atoms with Crippen molar-refractivity contribution in [3.63, 3.8) is 0 Å². The molecule has 0 spiro atoms. The number of likely N-dealkylation sites (tertiary alicyclic amines) is 1. The SMILES string of the molecule is CCC1CCCN1C1(C(=O)O)CCCCCC1. The van der Waals surface area contributed by atoms with Gasteiger partial charge in [0.15, 0.2) is 0 Å². The molecule has 1 unspecified atom stereocenters. The molecule has 98 valence electrons. The second kappa shape index (κ2) is 5.38. The van der Waals surface area contributed by atoms with E-state index in [-0.39, 0.29) is 0 Å². The van der Waals surface area contributed by atoms with Gasteiger partial charge in [-0.2, -0.15) is 0 Å². The van der Waals surface area contributed by atoms with Crippen LogP contribution >= 0.6 is 0 Å². The molecule has 0 amide bonds. The third-order valence-corrected chi connectivity index (χ3v) is 4.73. The highest BCUT2D eigenvalue weighted by molar-refractivity contribution is 5.79. The fraction of sp³-hybridized carbons (Fsp3) is 0.929. The topological polar surface area (TPSA) is 40.5 Å². The summed E-state index contributed by atoms with van der Waals surface area (Å²) in [6, 6.07) is 0.504. The molecular formula is C14H25NO2. The second-order valence-electron chi connectivity index (χ2n) is 5.65. The van der Waals surface area contributed by atoms with Crippen LogP contribution < -0.4 is 0 Å². The molecule has 0 bridgehead atoms. The molecule has 0 radical (unpaired) electrons. The minimum atomic E-state index is -0.570. The first kappa shape index (κ1) is 12.9. The molecule has 0 aromatic rings. The van der Waals surface area contributed by atoms with Crippen LogP contribution in [0.1, 0.15) is 64.7 Å². The van der Waals surface area contributed by atoms with Crippen molar-refractivity contribution < 1.29 is 9.90 Å². The predicted molar refractivity (Wildman–Crippen MR) is 68.1 cm³/mol. The van der Waals surface area contributed by atoms with E-state index in [1.54, 1.807) is 0 Å². The molecule has 17 heavy (non-hydrogen) atoms. The van der Waals surface area contributed by atoms with Gasteiger partial charge in [-0.25, -0.2) is 0 Å². The molecule has 3 heteroatoms. The molecule has 3 nitrogen and oxygen atoms in total. The van der Waals surface area contributed by atoms with E-state index >= 15 is 0 Å². The van der Waals surface area contributed by atoms with Gasteiger partial charge < -0.3 is 5.11 Å². The first-order valence-corrected chi connectivity index (χ1v) is 7.21. The molecule has 1 saturated heterocycles. The molecule has 1 heterocycles. The minimum Gasteiger partial charge on any atom is -0.480 e. The third kappa shape index (κ3) is 2.35. The highest BCUT2D eigenvalue weighted by Gasteiger charge is 2.47. The largest absolute Gasteiger partial charge is 0.480 e. The van der Waals surface area contributed by atoms with E-state index in [1.165, 1.54) is 25.7 Å². The zero-order valence-electron chi connectivity index (χ0n) is 11.0. The first-order chi connectivity index (χ1) is 8.20. The minimum absolute atomic E-state index is 0.504. The zero-order valence-corrected chi connectivity index (χ0v) is 11.0. The summed E-state index contributed by atoms with van der Waals surface area (Å²) in [6.45, 7) is 3.18. The monoisotopic (exact) mass is 239 g/mol. The van der Waals surface area contributed by atoms with Crippen molar-refractivity contribution in [1.29, 1.82) is 0 Å². The summed E-state index contributed by atoms with van der Waals surface area (Å²) >= 11 is 0. The number of hydrogen-bond donors (Lipinski definition) is 1. The van der Waals surface area contributed by atoms with E-state index in [4.69, 9.17) is 0 Å². The van der Waals surface area contributed by atoms with Crippen LogP contribution in [-0.2, 0) is 4.79 Å². The highest BCUT2D eigenvalue weighted by Crippen LogP contribution is 2.38. The van der Waals surface area contributed by atoms with Crippen LogP contribution in [0.15, 0.2) is 0 Å². The Morgan fingerprint density at radius 1 is 1.24 bits per heavy atom. The van der Waals surface area contributed by atoms with Gasteiger partial charge in [0, 0.05) is 6.04 Å². The number of nitrogens with zero attached hydrogens (tertiary/aromatic N) is 1. The quantitative estimate of drug-likeness (QED) is 0.770. The fourth-order valence-electron chi connectivity index (χ4n) is 3.76. The van der Waals surface area contributed by atoms with E-state index in [1.807, 2.05) is 0 Å². The molecule has 2 rings (SSSR count). The van der Waals surface area contributed by atoms with Crippen molar-refractivity contribution in [2.75, 3.05) is 6.54 Å². The number of carboxylic acid groups (broad SMARTS) is 1. The lowest BCUT2D eigenvalue weighted by molar-refractivity contribution is -0.153. The van der Waals surface area contributed by atoms with Crippen molar-refractivity contribution in [2.24, 2.45) is 0 Å². The Hall–Kier alpha value is -0.570. The molecule has 0 aromatic heterocycles. The van der Waals surface area contributed by atoms with Crippen molar-refractivity contribution in [1.82, 2.24) is 4.90 Å². The van der Waals surface area contributed by atoms with Gasteiger partial charge >= 0.3 is 5.97 Å². The molecule has 1 atom stereocenters. The Labute approximate surface area is 104 Å². The summed E-state index contributed by atoms with van der Waals surface area (Å²) in [7, 11) is 0. The Balaban J connectivity index is 2.22. The maximum absolute atomic E-state index is 11.8. The van der Waals surface area contributed by atoms with Crippen LogP contribution in [-0.4, -0.2) is 34.1 Å². The summed E-state index contributed by atoms with van der Waals surface area (Å²) in [4.78, 5) is 14.2. The van der Waals surface area contributed by atoms with Crippen LogP contribution in [0.4, 0.5) is 0 Å². The van der Waals surface area contributed by atoms with Gasteiger partial charge in [-0.1, -0.05) is 32.6 Å². The molecule has 1 aliphatic carbocycles. The van der Waals surface area contributed by atoms with Crippen LogP contribution in [0, 0.1) is 0 Å². The zero-order chi connectivity index (χ0) is 12.3.